The quantitative estimate of drug-likeness (QED) is 0.787. The predicted octanol–water partition coefficient (Wildman–Crippen LogP) is 4.07. The minimum atomic E-state index is 0.632. The molecule has 0 bridgehead atoms. The standard InChI is InChI=1S/C16H24N2OS/c1-2-13-14(12-19)20-15(17-13)18-10-8-16(9-11-18)6-4-3-5-7-16/h12H,2-11H2,1H3. The number of carbonyl (C=O) groups excluding carboxylic acids is 1. The Morgan fingerprint density at radius 2 is 1.90 bits per heavy atom. The average Bonchev–Trinajstić information content (AvgIpc) is 2.92. The van der Waals surface area contributed by atoms with Crippen molar-refractivity contribution >= 4 is 22.8 Å². The van der Waals surface area contributed by atoms with E-state index >= 15 is 0 Å². The summed E-state index contributed by atoms with van der Waals surface area (Å²) in [5.41, 5.74) is 1.60. The van der Waals surface area contributed by atoms with E-state index in [1.165, 1.54) is 44.9 Å². The fourth-order valence-electron chi connectivity index (χ4n) is 3.81. The molecule has 1 aliphatic carbocycles. The SMILES string of the molecule is CCc1nc(N2CCC3(CCCCC3)CC2)sc1C=O. The summed E-state index contributed by atoms with van der Waals surface area (Å²) in [5.74, 6) is 0. The number of aromatic nitrogens is 1. The van der Waals surface area contributed by atoms with Crippen LogP contribution in [0, 0.1) is 5.41 Å². The van der Waals surface area contributed by atoms with Gasteiger partial charge in [0.05, 0.1) is 10.6 Å². The number of rotatable bonds is 3. The van der Waals surface area contributed by atoms with Gasteiger partial charge in [-0.1, -0.05) is 37.5 Å². The highest BCUT2D eigenvalue weighted by molar-refractivity contribution is 7.17. The van der Waals surface area contributed by atoms with Crippen LogP contribution in [0.3, 0.4) is 0 Å². The molecule has 0 N–H and O–H groups in total. The molecule has 4 heteroatoms. The van der Waals surface area contributed by atoms with Crippen LogP contribution < -0.4 is 4.90 Å². The van der Waals surface area contributed by atoms with Crippen molar-refractivity contribution in [3.63, 3.8) is 0 Å². The summed E-state index contributed by atoms with van der Waals surface area (Å²) >= 11 is 1.57. The summed E-state index contributed by atoms with van der Waals surface area (Å²) in [6.07, 6.45) is 11.6. The van der Waals surface area contributed by atoms with Crippen molar-refractivity contribution in [1.29, 1.82) is 0 Å². The van der Waals surface area contributed by atoms with Crippen molar-refractivity contribution < 1.29 is 4.79 Å². The first-order chi connectivity index (χ1) is 9.76. The first-order valence-electron chi connectivity index (χ1n) is 7.96. The summed E-state index contributed by atoms with van der Waals surface area (Å²) in [6, 6.07) is 0. The van der Waals surface area contributed by atoms with Crippen LogP contribution in [-0.4, -0.2) is 24.4 Å². The van der Waals surface area contributed by atoms with Crippen molar-refractivity contribution in [3.8, 4) is 0 Å². The second kappa shape index (κ2) is 5.84. The van der Waals surface area contributed by atoms with Gasteiger partial charge >= 0.3 is 0 Å². The highest BCUT2D eigenvalue weighted by Gasteiger charge is 2.36. The van der Waals surface area contributed by atoms with Gasteiger partial charge in [0.15, 0.2) is 11.4 Å². The molecule has 1 saturated carbocycles. The van der Waals surface area contributed by atoms with Gasteiger partial charge in [-0.25, -0.2) is 4.98 Å². The molecule has 0 unspecified atom stereocenters. The van der Waals surface area contributed by atoms with E-state index in [1.807, 2.05) is 0 Å². The molecule has 0 radical (unpaired) electrons. The molecule has 1 aromatic rings. The molecular formula is C16H24N2OS. The Bertz CT molecular complexity index is 467. The fourth-order valence-corrected chi connectivity index (χ4v) is 4.83. The Hall–Kier alpha value is -0.900. The molecule has 0 aromatic carbocycles. The Morgan fingerprint density at radius 3 is 2.45 bits per heavy atom. The number of piperidine rings is 1. The summed E-state index contributed by atoms with van der Waals surface area (Å²) in [4.78, 5) is 19.0. The molecule has 1 saturated heterocycles. The highest BCUT2D eigenvalue weighted by atomic mass is 32.1. The fraction of sp³-hybridized carbons (Fsp3) is 0.750. The lowest BCUT2D eigenvalue weighted by Gasteiger charge is -2.44. The number of aldehydes is 1. The third kappa shape index (κ3) is 2.62. The lowest BCUT2D eigenvalue weighted by atomic mass is 9.68. The molecule has 3 rings (SSSR count). The van der Waals surface area contributed by atoms with Crippen molar-refractivity contribution in [3.05, 3.63) is 10.6 Å². The third-order valence-electron chi connectivity index (χ3n) is 5.17. The predicted molar refractivity (Wildman–Crippen MR) is 83.8 cm³/mol. The maximum absolute atomic E-state index is 11.1. The first kappa shape index (κ1) is 14.1. The molecule has 2 aliphatic rings. The van der Waals surface area contributed by atoms with E-state index in [2.05, 4.69) is 16.8 Å². The van der Waals surface area contributed by atoms with Crippen LogP contribution in [0.2, 0.25) is 0 Å². The molecule has 1 aromatic heterocycles. The topological polar surface area (TPSA) is 33.2 Å². The molecule has 20 heavy (non-hydrogen) atoms. The summed E-state index contributed by atoms with van der Waals surface area (Å²) in [6.45, 7) is 4.31. The minimum absolute atomic E-state index is 0.632. The van der Waals surface area contributed by atoms with Crippen LogP contribution >= 0.6 is 11.3 Å². The van der Waals surface area contributed by atoms with Crippen LogP contribution in [0.5, 0.6) is 0 Å². The molecule has 0 amide bonds. The molecule has 110 valence electrons. The molecule has 2 fully saturated rings. The molecular weight excluding hydrogens is 268 g/mol. The van der Waals surface area contributed by atoms with E-state index in [9.17, 15) is 4.79 Å². The van der Waals surface area contributed by atoms with Crippen LogP contribution in [-0.2, 0) is 6.42 Å². The zero-order valence-electron chi connectivity index (χ0n) is 12.4. The molecule has 0 atom stereocenters. The Kier molecular flexibility index (Phi) is 4.11. The summed E-state index contributed by atoms with van der Waals surface area (Å²) in [7, 11) is 0. The van der Waals surface area contributed by atoms with E-state index in [-0.39, 0.29) is 0 Å². The van der Waals surface area contributed by atoms with Gasteiger partial charge in [0.2, 0.25) is 0 Å². The number of hydrogen-bond donors (Lipinski definition) is 0. The van der Waals surface area contributed by atoms with Gasteiger partial charge in [-0.05, 0) is 37.5 Å². The van der Waals surface area contributed by atoms with E-state index in [0.717, 1.165) is 41.5 Å². The second-order valence-corrected chi connectivity index (χ2v) is 7.34. The van der Waals surface area contributed by atoms with Gasteiger partial charge in [-0.3, -0.25) is 4.79 Å². The second-order valence-electron chi connectivity index (χ2n) is 6.33. The number of carbonyl (C=O) groups is 1. The van der Waals surface area contributed by atoms with E-state index in [0.29, 0.717) is 5.41 Å². The number of thiazole rings is 1. The molecule has 1 spiro atoms. The first-order valence-corrected chi connectivity index (χ1v) is 8.78. The third-order valence-corrected chi connectivity index (χ3v) is 6.25. The highest BCUT2D eigenvalue weighted by Crippen LogP contribution is 2.45. The van der Waals surface area contributed by atoms with Crippen LogP contribution in [0.4, 0.5) is 5.13 Å². The molecule has 2 heterocycles. The van der Waals surface area contributed by atoms with Gasteiger partial charge in [-0.2, -0.15) is 0 Å². The maximum Gasteiger partial charge on any atom is 0.186 e. The number of aryl methyl sites for hydroxylation is 1. The maximum atomic E-state index is 11.1. The zero-order valence-corrected chi connectivity index (χ0v) is 13.2. The summed E-state index contributed by atoms with van der Waals surface area (Å²) in [5, 5.41) is 1.06. The van der Waals surface area contributed by atoms with E-state index < -0.39 is 0 Å². The number of hydrogen-bond acceptors (Lipinski definition) is 4. The normalized spacial score (nSPS) is 22.1. The van der Waals surface area contributed by atoms with Crippen molar-refractivity contribution in [2.24, 2.45) is 5.41 Å². The van der Waals surface area contributed by atoms with Gasteiger partial charge in [0.25, 0.3) is 0 Å². The summed E-state index contributed by atoms with van der Waals surface area (Å²) < 4.78 is 0. The number of nitrogens with zero attached hydrogens (tertiary/aromatic N) is 2. The van der Waals surface area contributed by atoms with Gasteiger partial charge < -0.3 is 4.90 Å². The van der Waals surface area contributed by atoms with Crippen molar-refractivity contribution in [1.82, 2.24) is 4.98 Å². The van der Waals surface area contributed by atoms with E-state index in [1.54, 1.807) is 11.3 Å². The molecule has 1 aliphatic heterocycles. The smallest absolute Gasteiger partial charge is 0.186 e. The minimum Gasteiger partial charge on any atom is -0.348 e. The molecule has 3 nitrogen and oxygen atoms in total. The van der Waals surface area contributed by atoms with E-state index in [4.69, 9.17) is 0 Å². The van der Waals surface area contributed by atoms with Crippen LogP contribution in [0.1, 0.15) is 67.2 Å². The monoisotopic (exact) mass is 292 g/mol. The van der Waals surface area contributed by atoms with Crippen molar-refractivity contribution in [2.75, 3.05) is 18.0 Å². The Labute approximate surface area is 125 Å². The van der Waals surface area contributed by atoms with Gasteiger partial charge in [0.1, 0.15) is 0 Å². The van der Waals surface area contributed by atoms with Gasteiger partial charge in [0, 0.05) is 13.1 Å². The lowest BCUT2D eigenvalue weighted by Crippen LogP contribution is -2.41. The lowest BCUT2D eigenvalue weighted by molar-refractivity contribution is 0.112. The van der Waals surface area contributed by atoms with Crippen molar-refractivity contribution in [2.45, 2.75) is 58.3 Å². The zero-order chi connectivity index (χ0) is 14.0. The largest absolute Gasteiger partial charge is 0.348 e. The van der Waals surface area contributed by atoms with Crippen LogP contribution in [0.25, 0.3) is 0 Å². The van der Waals surface area contributed by atoms with Crippen LogP contribution in [0.15, 0.2) is 0 Å². The Balaban J connectivity index is 1.68. The average molecular weight is 292 g/mol. The Morgan fingerprint density at radius 1 is 1.20 bits per heavy atom. The number of anilines is 1. The van der Waals surface area contributed by atoms with Gasteiger partial charge in [-0.15, -0.1) is 0 Å².